The van der Waals surface area contributed by atoms with Gasteiger partial charge in [-0.25, -0.2) is 0 Å². The SMILES string of the molecule is CC(C)c1ccccc1OCC(=O)N1CC2C(C1)[C@@H]1CN(C(=O)c3ccc4n[nH]nc4c3)C[C@H]21. The number of likely N-dealkylation sites (tertiary alicyclic amines) is 2. The van der Waals surface area contributed by atoms with E-state index in [1.54, 1.807) is 6.07 Å². The van der Waals surface area contributed by atoms with E-state index in [2.05, 4.69) is 35.3 Å². The number of aromatic amines is 1. The van der Waals surface area contributed by atoms with E-state index in [1.807, 2.05) is 40.1 Å². The number of hydrogen-bond acceptors (Lipinski definition) is 5. The Morgan fingerprint density at radius 3 is 2.29 bits per heavy atom. The van der Waals surface area contributed by atoms with E-state index in [-0.39, 0.29) is 18.4 Å². The molecule has 0 radical (unpaired) electrons. The lowest BCUT2D eigenvalue weighted by Gasteiger charge is -2.42. The van der Waals surface area contributed by atoms with Crippen molar-refractivity contribution in [2.45, 2.75) is 19.8 Å². The van der Waals surface area contributed by atoms with Crippen molar-refractivity contribution < 1.29 is 14.3 Å². The number of carbonyl (C=O) groups is 2. The van der Waals surface area contributed by atoms with E-state index >= 15 is 0 Å². The number of hydrogen-bond donors (Lipinski definition) is 1. The standard InChI is InChI=1S/C26H29N5O3/c1-15(2)17-5-3-4-6-24(17)34-14-25(32)30-10-18-19(11-30)21-13-31(12-20(18)21)26(33)16-7-8-22-23(9-16)28-29-27-22/h3-9,15,18-21H,10-14H2,1-2H3,(H,27,28,29)/t18?,19?,20-,21+. The number of nitrogens with zero attached hydrogens (tertiary/aromatic N) is 4. The molecule has 2 amide bonds. The fourth-order valence-corrected chi connectivity index (χ4v) is 6.22. The number of aromatic nitrogens is 3. The Morgan fingerprint density at radius 1 is 0.941 bits per heavy atom. The maximum absolute atomic E-state index is 13.1. The van der Waals surface area contributed by atoms with Crippen LogP contribution in [0.15, 0.2) is 42.5 Å². The van der Waals surface area contributed by atoms with E-state index in [9.17, 15) is 9.59 Å². The third-order valence-electron chi connectivity index (χ3n) is 8.02. The molecule has 0 bridgehead atoms. The van der Waals surface area contributed by atoms with Crippen LogP contribution in [-0.4, -0.2) is 69.8 Å². The van der Waals surface area contributed by atoms with Crippen LogP contribution in [0.3, 0.4) is 0 Å². The lowest BCUT2D eigenvalue weighted by Crippen LogP contribution is -2.44. The smallest absolute Gasteiger partial charge is 0.260 e. The van der Waals surface area contributed by atoms with Gasteiger partial charge in [-0.2, -0.15) is 15.4 Å². The number of carbonyl (C=O) groups excluding carboxylic acids is 2. The molecule has 1 saturated carbocycles. The van der Waals surface area contributed by atoms with Crippen LogP contribution < -0.4 is 4.74 Å². The topological polar surface area (TPSA) is 91.4 Å². The number of fused-ring (bicyclic) bond motifs is 5. The van der Waals surface area contributed by atoms with Crippen molar-refractivity contribution in [1.29, 1.82) is 0 Å². The van der Waals surface area contributed by atoms with Crippen LogP contribution in [0.4, 0.5) is 0 Å². The van der Waals surface area contributed by atoms with Gasteiger partial charge < -0.3 is 14.5 Å². The zero-order valence-corrected chi connectivity index (χ0v) is 19.5. The van der Waals surface area contributed by atoms with Crippen molar-refractivity contribution >= 4 is 22.8 Å². The fraction of sp³-hybridized carbons (Fsp3) is 0.462. The average Bonchev–Trinajstić information content (AvgIpc) is 3.56. The summed E-state index contributed by atoms with van der Waals surface area (Å²) in [4.78, 5) is 30.0. The Hall–Kier alpha value is -3.42. The van der Waals surface area contributed by atoms with Gasteiger partial charge in [-0.05, 0) is 59.4 Å². The van der Waals surface area contributed by atoms with Crippen molar-refractivity contribution in [1.82, 2.24) is 25.2 Å². The number of amides is 2. The van der Waals surface area contributed by atoms with Gasteiger partial charge in [-0.1, -0.05) is 32.0 Å². The van der Waals surface area contributed by atoms with Gasteiger partial charge in [0.05, 0.1) is 0 Å². The molecule has 3 heterocycles. The van der Waals surface area contributed by atoms with Gasteiger partial charge >= 0.3 is 0 Å². The van der Waals surface area contributed by atoms with E-state index in [1.165, 1.54) is 0 Å². The molecule has 2 aliphatic heterocycles. The monoisotopic (exact) mass is 459 g/mol. The maximum atomic E-state index is 13.1. The van der Waals surface area contributed by atoms with Crippen LogP contribution >= 0.6 is 0 Å². The van der Waals surface area contributed by atoms with Crippen molar-refractivity contribution in [3.05, 3.63) is 53.6 Å². The number of H-pyrrole nitrogens is 1. The molecule has 8 nitrogen and oxygen atoms in total. The second-order valence-electron chi connectivity index (χ2n) is 10.2. The first-order valence-corrected chi connectivity index (χ1v) is 12.1. The first-order valence-electron chi connectivity index (χ1n) is 12.1. The first-order chi connectivity index (χ1) is 16.5. The largest absolute Gasteiger partial charge is 0.483 e. The molecule has 6 rings (SSSR count). The van der Waals surface area contributed by atoms with E-state index in [0.717, 1.165) is 43.0 Å². The molecule has 34 heavy (non-hydrogen) atoms. The van der Waals surface area contributed by atoms with Crippen LogP contribution in [0.5, 0.6) is 5.75 Å². The Kier molecular flexibility index (Phi) is 5.04. The van der Waals surface area contributed by atoms with E-state index in [0.29, 0.717) is 40.7 Å². The van der Waals surface area contributed by atoms with Crippen LogP contribution in [0.2, 0.25) is 0 Å². The quantitative estimate of drug-likeness (QED) is 0.634. The molecule has 4 atom stereocenters. The highest BCUT2D eigenvalue weighted by atomic mass is 16.5. The summed E-state index contributed by atoms with van der Waals surface area (Å²) >= 11 is 0. The average molecular weight is 460 g/mol. The molecule has 0 spiro atoms. The lowest BCUT2D eigenvalue weighted by molar-refractivity contribution is -0.132. The van der Waals surface area contributed by atoms with Crippen molar-refractivity contribution in [2.75, 3.05) is 32.8 Å². The predicted molar refractivity (Wildman–Crippen MR) is 126 cm³/mol. The van der Waals surface area contributed by atoms with Crippen LogP contribution in [0, 0.1) is 23.7 Å². The maximum Gasteiger partial charge on any atom is 0.260 e. The summed E-state index contributed by atoms with van der Waals surface area (Å²) in [6.45, 7) is 7.40. The summed E-state index contributed by atoms with van der Waals surface area (Å²) in [5, 5.41) is 10.7. The minimum atomic E-state index is 0.0554. The highest BCUT2D eigenvalue weighted by Crippen LogP contribution is 2.54. The minimum Gasteiger partial charge on any atom is -0.483 e. The Bertz CT molecular complexity index is 1230. The molecule has 3 aliphatic rings. The predicted octanol–water partition coefficient (Wildman–Crippen LogP) is 2.94. The fourth-order valence-electron chi connectivity index (χ4n) is 6.22. The van der Waals surface area contributed by atoms with Crippen molar-refractivity contribution in [3.63, 3.8) is 0 Å². The molecule has 3 fully saturated rings. The van der Waals surface area contributed by atoms with Gasteiger partial charge in [0.2, 0.25) is 0 Å². The van der Waals surface area contributed by atoms with Crippen LogP contribution in [-0.2, 0) is 4.79 Å². The van der Waals surface area contributed by atoms with Gasteiger partial charge in [-0.15, -0.1) is 0 Å². The zero-order chi connectivity index (χ0) is 23.4. The molecule has 1 aromatic heterocycles. The molecule has 2 unspecified atom stereocenters. The normalized spacial score (nSPS) is 25.4. The number of para-hydroxylation sites is 1. The summed E-state index contributed by atoms with van der Waals surface area (Å²) in [5.74, 6) is 3.16. The number of rotatable bonds is 5. The molecule has 8 heteroatoms. The number of benzene rings is 2. The second kappa shape index (κ2) is 8.11. The molecular weight excluding hydrogens is 430 g/mol. The Labute approximate surface area is 198 Å². The summed E-state index contributed by atoms with van der Waals surface area (Å²) < 4.78 is 5.92. The molecule has 1 aliphatic carbocycles. The van der Waals surface area contributed by atoms with E-state index in [4.69, 9.17) is 4.74 Å². The van der Waals surface area contributed by atoms with Crippen LogP contribution in [0.25, 0.3) is 11.0 Å². The van der Waals surface area contributed by atoms with Crippen molar-refractivity contribution in [2.24, 2.45) is 23.7 Å². The molecular formula is C26H29N5O3. The molecule has 2 saturated heterocycles. The van der Waals surface area contributed by atoms with Gasteiger partial charge in [0.25, 0.3) is 11.8 Å². The Morgan fingerprint density at radius 2 is 1.59 bits per heavy atom. The van der Waals surface area contributed by atoms with Gasteiger partial charge in [0.1, 0.15) is 16.8 Å². The molecule has 1 N–H and O–H groups in total. The third kappa shape index (κ3) is 3.43. The summed E-state index contributed by atoms with van der Waals surface area (Å²) in [6, 6.07) is 13.4. The second-order valence-corrected chi connectivity index (χ2v) is 10.2. The summed E-state index contributed by atoms with van der Waals surface area (Å²) in [7, 11) is 0. The zero-order valence-electron chi connectivity index (χ0n) is 19.5. The van der Waals surface area contributed by atoms with Crippen molar-refractivity contribution in [3.8, 4) is 5.75 Å². The van der Waals surface area contributed by atoms with Crippen LogP contribution in [0.1, 0.15) is 35.7 Å². The molecule has 3 aromatic rings. The highest BCUT2D eigenvalue weighted by molar-refractivity contribution is 5.97. The van der Waals surface area contributed by atoms with E-state index < -0.39 is 0 Å². The highest BCUT2D eigenvalue weighted by Gasteiger charge is 2.59. The first kappa shape index (κ1) is 21.1. The molecule has 2 aromatic carbocycles. The summed E-state index contributed by atoms with van der Waals surface area (Å²) in [6.07, 6.45) is 0. The number of ether oxygens (including phenoxy) is 1. The van der Waals surface area contributed by atoms with Gasteiger partial charge in [0, 0.05) is 31.7 Å². The van der Waals surface area contributed by atoms with Gasteiger partial charge in [0.15, 0.2) is 6.61 Å². The summed E-state index contributed by atoms with van der Waals surface area (Å²) in [5.41, 5.74) is 3.24. The third-order valence-corrected chi connectivity index (χ3v) is 8.02. The van der Waals surface area contributed by atoms with Gasteiger partial charge in [-0.3, -0.25) is 9.59 Å². The number of nitrogens with one attached hydrogen (secondary N) is 1. The minimum absolute atomic E-state index is 0.0554. The molecule has 176 valence electrons. The Balaban J connectivity index is 1.05. The lowest BCUT2D eigenvalue weighted by atomic mass is 9.60.